The van der Waals surface area contributed by atoms with E-state index in [9.17, 15) is 8.42 Å². The first-order chi connectivity index (χ1) is 7.58. The summed E-state index contributed by atoms with van der Waals surface area (Å²) in [6.07, 6.45) is 4.28. The van der Waals surface area contributed by atoms with Crippen LogP contribution in [0.1, 0.15) is 32.6 Å². The minimum absolute atomic E-state index is 0.183. The number of sulfonamides is 1. The summed E-state index contributed by atoms with van der Waals surface area (Å²) in [6.45, 7) is 4.54. The highest BCUT2D eigenvalue weighted by Crippen LogP contribution is 2.20. The van der Waals surface area contributed by atoms with Crippen LogP contribution in [-0.4, -0.2) is 44.2 Å². The zero-order valence-corrected chi connectivity index (χ0v) is 10.8. The fraction of sp³-hybridized carbons (Fsp3) is 1.00. The van der Waals surface area contributed by atoms with E-state index < -0.39 is 10.0 Å². The molecule has 4 nitrogen and oxygen atoms in total. The van der Waals surface area contributed by atoms with Crippen molar-refractivity contribution in [1.82, 2.24) is 9.62 Å². The highest BCUT2D eigenvalue weighted by molar-refractivity contribution is 7.89. The van der Waals surface area contributed by atoms with Crippen LogP contribution in [0.5, 0.6) is 0 Å². The largest absolute Gasteiger partial charge is 0.313 e. The molecule has 0 radical (unpaired) electrons. The molecule has 0 aromatic heterocycles. The third kappa shape index (κ3) is 2.96. The Morgan fingerprint density at radius 2 is 2.12 bits per heavy atom. The molecule has 94 valence electrons. The molecule has 1 N–H and O–H groups in total. The Hall–Kier alpha value is -0.130. The minimum Gasteiger partial charge on any atom is -0.313 e. The van der Waals surface area contributed by atoms with Crippen LogP contribution < -0.4 is 5.32 Å². The standard InChI is InChI=1S/C11H22N2O2S/c1-10-4-3-7-13(8-10)16(14,15)9-11-5-2-6-12-11/h10-12H,2-9H2,1H3. The number of nitrogens with one attached hydrogen (secondary N) is 1. The number of hydrogen-bond donors (Lipinski definition) is 1. The number of rotatable bonds is 3. The quantitative estimate of drug-likeness (QED) is 0.801. The van der Waals surface area contributed by atoms with Crippen molar-refractivity contribution < 1.29 is 8.42 Å². The van der Waals surface area contributed by atoms with E-state index in [2.05, 4.69) is 12.2 Å². The molecule has 2 atom stereocenters. The van der Waals surface area contributed by atoms with Gasteiger partial charge in [0.05, 0.1) is 5.75 Å². The molecule has 0 bridgehead atoms. The predicted molar refractivity (Wildman–Crippen MR) is 64.8 cm³/mol. The third-order valence-electron chi connectivity index (χ3n) is 3.59. The van der Waals surface area contributed by atoms with E-state index in [4.69, 9.17) is 0 Å². The summed E-state index contributed by atoms with van der Waals surface area (Å²) < 4.78 is 26.0. The van der Waals surface area contributed by atoms with Crippen molar-refractivity contribution in [3.63, 3.8) is 0 Å². The van der Waals surface area contributed by atoms with Crippen LogP contribution in [0.25, 0.3) is 0 Å². The van der Waals surface area contributed by atoms with E-state index in [1.165, 1.54) is 0 Å². The molecule has 0 spiro atoms. The van der Waals surface area contributed by atoms with Crippen LogP contribution in [0.15, 0.2) is 0 Å². The minimum atomic E-state index is -3.03. The molecular formula is C11H22N2O2S. The molecule has 2 aliphatic heterocycles. The summed E-state index contributed by atoms with van der Waals surface area (Å²) in [4.78, 5) is 0. The molecule has 0 aromatic rings. The highest BCUT2D eigenvalue weighted by Gasteiger charge is 2.30. The fourth-order valence-corrected chi connectivity index (χ4v) is 4.55. The summed E-state index contributed by atoms with van der Waals surface area (Å²) in [5.41, 5.74) is 0. The Balaban J connectivity index is 1.94. The maximum Gasteiger partial charge on any atom is 0.215 e. The zero-order valence-electron chi connectivity index (χ0n) is 9.98. The van der Waals surface area contributed by atoms with Gasteiger partial charge in [-0.05, 0) is 38.1 Å². The zero-order chi connectivity index (χ0) is 11.6. The molecule has 2 saturated heterocycles. The smallest absolute Gasteiger partial charge is 0.215 e. The highest BCUT2D eigenvalue weighted by atomic mass is 32.2. The van der Waals surface area contributed by atoms with Gasteiger partial charge in [0.2, 0.25) is 10.0 Å². The molecule has 2 heterocycles. The van der Waals surface area contributed by atoms with Crippen molar-refractivity contribution in [2.24, 2.45) is 5.92 Å². The van der Waals surface area contributed by atoms with Crippen molar-refractivity contribution in [2.45, 2.75) is 38.6 Å². The van der Waals surface area contributed by atoms with Crippen LogP contribution in [0.4, 0.5) is 0 Å². The van der Waals surface area contributed by atoms with E-state index in [0.717, 1.165) is 45.3 Å². The van der Waals surface area contributed by atoms with Gasteiger partial charge in [0.1, 0.15) is 0 Å². The van der Waals surface area contributed by atoms with Gasteiger partial charge in [-0.15, -0.1) is 0 Å². The van der Waals surface area contributed by atoms with E-state index in [-0.39, 0.29) is 6.04 Å². The van der Waals surface area contributed by atoms with Gasteiger partial charge in [-0.25, -0.2) is 12.7 Å². The normalized spacial score (nSPS) is 33.1. The molecule has 0 amide bonds. The summed E-state index contributed by atoms with van der Waals surface area (Å²) in [7, 11) is -3.03. The lowest BCUT2D eigenvalue weighted by atomic mass is 10.0. The van der Waals surface area contributed by atoms with Crippen molar-refractivity contribution in [3.05, 3.63) is 0 Å². The lowest BCUT2D eigenvalue weighted by Gasteiger charge is -2.30. The van der Waals surface area contributed by atoms with Gasteiger partial charge in [0.25, 0.3) is 0 Å². The average molecular weight is 246 g/mol. The number of nitrogens with zero attached hydrogens (tertiary/aromatic N) is 1. The Kier molecular flexibility index (Phi) is 3.87. The molecule has 16 heavy (non-hydrogen) atoms. The van der Waals surface area contributed by atoms with E-state index in [1.54, 1.807) is 4.31 Å². The van der Waals surface area contributed by atoms with Gasteiger partial charge in [-0.3, -0.25) is 0 Å². The van der Waals surface area contributed by atoms with Gasteiger partial charge < -0.3 is 5.32 Å². The molecule has 2 rings (SSSR count). The Morgan fingerprint density at radius 3 is 2.75 bits per heavy atom. The molecule has 0 saturated carbocycles. The molecule has 2 aliphatic rings. The first-order valence-electron chi connectivity index (χ1n) is 6.29. The monoisotopic (exact) mass is 246 g/mol. The summed E-state index contributed by atoms with van der Waals surface area (Å²) in [5.74, 6) is 0.805. The van der Waals surface area contributed by atoms with E-state index in [1.807, 2.05) is 0 Å². The van der Waals surface area contributed by atoms with E-state index in [0.29, 0.717) is 11.7 Å². The van der Waals surface area contributed by atoms with E-state index >= 15 is 0 Å². The summed E-state index contributed by atoms with van der Waals surface area (Å²) >= 11 is 0. The predicted octanol–water partition coefficient (Wildman–Crippen LogP) is 0.800. The van der Waals surface area contributed by atoms with Gasteiger partial charge in [-0.1, -0.05) is 6.92 Å². The second kappa shape index (κ2) is 5.02. The van der Waals surface area contributed by atoms with Crippen molar-refractivity contribution in [1.29, 1.82) is 0 Å². The Morgan fingerprint density at radius 1 is 1.31 bits per heavy atom. The Bertz CT molecular complexity index is 323. The molecule has 0 aromatic carbocycles. The maximum atomic E-state index is 12.2. The van der Waals surface area contributed by atoms with Crippen LogP contribution in [0.2, 0.25) is 0 Å². The molecule has 2 fully saturated rings. The first-order valence-corrected chi connectivity index (χ1v) is 7.90. The fourth-order valence-electron chi connectivity index (χ4n) is 2.66. The third-order valence-corrected chi connectivity index (χ3v) is 5.53. The van der Waals surface area contributed by atoms with Gasteiger partial charge >= 0.3 is 0 Å². The number of hydrogen-bond acceptors (Lipinski definition) is 3. The van der Waals surface area contributed by atoms with Crippen LogP contribution in [0.3, 0.4) is 0 Å². The molecular weight excluding hydrogens is 224 g/mol. The van der Waals surface area contributed by atoms with Crippen molar-refractivity contribution in [2.75, 3.05) is 25.4 Å². The first kappa shape index (κ1) is 12.3. The average Bonchev–Trinajstić information content (AvgIpc) is 2.70. The molecule has 5 heteroatoms. The van der Waals surface area contributed by atoms with Crippen LogP contribution in [-0.2, 0) is 10.0 Å². The maximum absolute atomic E-state index is 12.2. The second-order valence-corrected chi connectivity index (χ2v) is 7.19. The Labute approximate surface area is 98.4 Å². The SMILES string of the molecule is CC1CCCN(S(=O)(=O)CC2CCCN2)C1. The second-order valence-electron chi connectivity index (χ2n) is 5.18. The van der Waals surface area contributed by atoms with Crippen LogP contribution >= 0.6 is 0 Å². The lowest BCUT2D eigenvalue weighted by molar-refractivity contribution is 0.280. The lowest BCUT2D eigenvalue weighted by Crippen LogP contribution is -2.44. The van der Waals surface area contributed by atoms with Crippen molar-refractivity contribution in [3.8, 4) is 0 Å². The molecule has 0 aliphatic carbocycles. The summed E-state index contributed by atoms with van der Waals surface area (Å²) in [6, 6.07) is 0.183. The summed E-state index contributed by atoms with van der Waals surface area (Å²) in [5, 5.41) is 3.26. The van der Waals surface area contributed by atoms with Gasteiger partial charge in [0.15, 0.2) is 0 Å². The van der Waals surface area contributed by atoms with Gasteiger partial charge in [-0.2, -0.15) is 0 Å². The molecule has 2 unspecified atom stereocenters. The topological polar surface area (TPSA) is 49.4 Å². The van der Waals surface area contributed by atoms with Crippen LogP contribution in [0, 0.1) is 5.92 Å². The number of piperidine rings is 1. The van der Waals surface area contributed by atoms with Crippen molar-refractivity contribution >= 4 is 10.0 Å². The van der Waals surface area contributed by atoms with Gasteiger partial charge in [0, 0.05) is 19.1 Å².